The fraction of sp³-hybridized carbons (Fsp3) is 0.292. The zero-order valence-electron chi connectivity index (χ0n) is 16.1. The van der Waals surface area contributed by atoms with Gasteiger partial charge in [0.1, 0.15) is 11.5 Å². The summed E-state index contributed by atoms with van der Waals surface area (Å²) in [5.74, 6) is 1.48. The third-order valence-corrected chi connectivity index (χ3v) is 4.71. The molecule has 0 aromatic heterocycles. The molecule has 0 bridgehead atoms. The highest BCUT2D eigenvalue weighted by atomic mass is 16.5. The second kappa shape index (κ2) is 10.4. The van der Waals surface area contributed by atoms with Gasteiger partial charge in [0.05, 0.1) is 12.2 Å². The molecular weight excluding hydrogens is 350 g/mol. The molecule has 0 aliphatic heterocycles. The van der Waals surface area contributed by atoms with Crippen LogP contribution in [0.15, 0.2) is 72.8 Å². The monoisotopic (exact) mass is 377 g/mol. The quantitative estimate of drug-likeness (QED) is 0.255. The number of nitrogens with two attached hydrogens (primary N) is 1. The van der Waals surface area contributed by atoms with Crippen LogP contribution in [0.3, 0.4) is 0 Å². The Morgan fingerprint density at radius 3 is 2.18 bits per heavy atom. The highest BCUT2D eigenvalue weighted by Gasteiger charge is 2.09. The lowest BCUT2D eigenvalue weighted by Crippen LogP contribution is -2.08. The normalized spacial score (nSPS) is 13.0. The summed E-state index contributed by atoms with van der Waals surface area (Å²) in [4.78, 5) is 12.2. The van der Waals surface area contributed by atoms with Gasteiger partial charge in [0, 0.05) is 5.69 Å². The maximum atomic E-state index is 12.2. The van der Waals surface area contributed by atoms with Crippen molar-refractivity contribution in [1.82, 2.24) is 0 Å². The van der Waals surface area contributed by atoms with Crippen LogP contribution in [0, 0.1) is 5.92 Å². The second-order valence-corrected chi connectivity index (χ2v) is 6.97. The molecule has 1 aliphatic carbocycles. The molecule has 2 N–H and O–H groups in total. The van der Waals surface area contributed by atoms with Crippen LogP contribution in [0.5, 0.6) is 11.5 Å². The van der Waals surface area contributed by atoms with Crippen molar-refractivity contribution in [3.8, 4) is 11.5 Å². The predicted molar refractivity (Wildman–Crippen MR) is 113 cm³/mol. The smallest absolute Gasteiger partial charge is 0.343 e. The number of anilines is 1. The van der Waals surface area contributed by atoms with Crippen LogP contribution < -0.4 is 15.2 Å². The molecule has 3 rings (SSSR count). The predicted octanol–water partition coefficient (Wildman–Crippen LogP) is 5.56. The number of benzene rings is 2. The van der Waals surface area contributed by atoms with Crippen LogP contribution >= 0.6 is 0 Å². The Morgan fingerprint density at radius 2 is 1.46 bits per heavy atom. The molecule has 0 atom stereocenters. The molecule has 28 heavy (non-hydrogen) atoms. The summed E-state index contributed by atoms with van der Waals surface area (Å²) >= 11 is 0. The Kier molecular flexibility index (Phi) is 7.30. The number of hydrogen-bond acceptors (Lipinski definition) is 4. The number of nitrogen functional groups attached to an aromatic ring is 1. The number of ether oxygens (including phenoxy) is 2. The van der Waals surface area contributed by atoms with E-state index < -0.39 is 5.97 Å². The first-order valence-corrected chi connectivity index (χ1v) is 9.86. The van der Waals surface area contributed by atoms with Gasteiger partial charge in [-0.1, -0.05) is 43.6 Å². The van der Waals surface area contributed by atoms with Gasteiger partial charge in [-0.15, -0.1) is 0 Å². The largest absolute Gasteiger partial charge is 0.494 e. The van der Waals surface area contributed by atoms with E-state index in [-0.39, 0.29) is 0 Å². The van der Waals surface area contributed by atoms with E-state index in [1.165, 1.54) is 25.7 Å². The Morgan fingerprint density at radius 1 is 0.821 bits per heavy atom. The van der Waals surface area contributed by atoms with E-state index in [9.17, 15) is 4.79 Å². The van der Waals surface area contributed by atoms with Crippen LogP contribution in [-0.2, 0) is 0 Å². The van der Waals surface area contributed by atoms with Gasteiger partial charge in [-0.05, 0) is 67.3 Å². The minimum atomic E-state index is -0.400. The summed E-state index contributed by atoms with van der Waals surface area (Å²) in [6.07, 6.45) is 14.7. The van der Waals surface area contributed by atoms with Crippen LogP contribution in [0.4, 0.5) is 5.69 Å². The number of rotatable bonds is 10. The average molecular weight is 377 g/mol. The minimum Gasteiger partial charge on any atom is -0.494 e. The maximum Gasteiger partial charge on any atom is 0.343 e. The van der Waals surface area contributed by atoms with Crippen molar-refractivity contribution >= 4 is 11.7 Å². The fourth-order valence-corrected chi connectivity index (χ4v) is 3.09. The summed E-state index contributed by atoms with van der Waals surface area (Å²) < 4.78 is 11.1. The second-order valence-electron chi connectivity index (χ2n) is 6.97. The number of hydrogen-bond donors (Lipinski definition) is 1. The van der Waals surface area contributed by atoms with Crippen molar-refractivity contribution in [1.29, 1.82) is 0 Å². The standard InChI is InChI=1S/C24H27NO3/c25-21-12-16-23(17-13-21)28-24(26)20-10-14-22(15-11-20)27-18-6-2-1-3-7-19-8-4-5-9-19/h4-5,8-17,19H,1-3,6-7,18,25H2. The average Bonchev–Trinajstić information content (AvgIpc) is 3.23. The molecule has 1 aliphatic rings. The molecular formula is C24H27NO3. The number of carbonyl (C=O) groups is 1. The maximum absolute atomic E-state index is 12.2. The first-order valence-electron chi connectivity index (χ1n) is 9.86. The minimum absolute atomic E-state index is 0.400. The van der Waals surface area contributed by atoms with Gasteiger partial charge in [-0.2, -0.15) is 0 Å². The number of carbonyl (C=O) groups excluding carboxylic acids is 1. The first kappa shape index (κ1) is 19.7. The summed E-state index contributed by atoms with van der Waals surface area (Å²) in [6.45, 7) is 0.693. The number of esters is 1. The summed E-state index contributed by atoms with van der Waals surface area (Å²) in [7, 11) is 0. The van der Waals surface area contributed by atoms with Crippen molar-refractivity contribution in [2.24, 2.45) is 5.92 Å². The van der Waals surface area contributed by atoms with Crippen LogP contribution in [-0.4, -0.2) is 12.6 Å². The Balaban J connectivity index is 1.32. The Bertz CT molecular complexity index is 795. The topological polar surface area (TPSA) is 61.5 Å². The Labute approximate surface area is 166 Å². The molecule has 0 fully saturated rings. The third-order valence-electron chi connectivity index (χ3n) is 4.71. The van der Waals surface area contributed by atoms with Crippen molar-refractivity contribution in [3.05, 3.63) is 78.4 Å². The van der Waals surface area contributed by atoms with Gasteiger partial charge in [0.15, 0.2) is 0 Å². The molecule has 0 radical (unpaired) electrons. The van der Waals surface area contributed by atoms with Crippen LogP contribution in [0.1, 0.15) is 42.5 Å². The van der Waals surface area contributed by atoms with Gasteiger partial charge in [0.2, 0.25) is 0 Å². The number of allylic oxidation sites excluding steroid dienone is 4. The van der Waals surface area contributed by atoms with Crippen molar-refractivity contribution in [3.63, 3.8) is 0 Å². The SMILES string of the molecule is Nc1ccc(OC(=O)c2ccc(OCCCCCCC3C=CC=C3)cc2)cc1. The van der Waals surface area contributed by atoms with E-state index in [1.807, 2.05) is 0 Å². The van der Waals surface area contributed by atoms with E-state index in [0.717, 1.165) is 12.2 Å². The lowest BCUT2D eigenvalue weighted by molar-refractivity contribution is 0.0734. The zero-order chi connectivity index (χ0) is 19.6. The number of unbranched alkanes of at least 4 members (excludes halogenated alkanes) is 3. The summed E-state index contributed by atoms with van der Waals surface area (Å²) in [5.41, 5.74) is 6.74. The highest BCUT2D eigenvalue weighted by Crippen LogP contribution is 2.19. The van der Waals surface area contributed by atoms with Crippen molar-refractivity contribution in [2.75, 3.05) is 12.3 Å². The van der Waals surface area contributed by atoms with E-state index >= 15 is 0 Å². The van der Waals surface area contributed by atoms with Gasteiger partial charge in [-0.3, -0.25) is 0 Å². The van der Waals surface area contributed by atoms with Gasteiger partial charge >= 0.3 is 5.97 Å². The molecule has 0 unspecified atom stereocenters. The summed E-state index contributed by atoms with van der Waals surface area (Å²) in [5, 5.41) is 0. The van der Waals surface area contributed by atoms with Crippen LogP contribution in [0.2, 0.25) is 0 Å². The molecule has 0 saturated heterocycles. The molecule has 0 spiro atoms. The lowest BCUT2D eigenvalue weighted by atomic mass is 10.0. The molecule has 2 aromatic carbocycles. The molecule has 0 amide bonds. The molecule has 0 saturated carbocycles. The summed E-state index contributed by atoms with van der Waals surface area (Å²) in [6, 6.07) is 13.8. The van der Waals surface area contributed by atoms with Gasteiger partial charge in [-0.25, -0.2) is 4.79 Å². The van der Waals surface area contributed by atoms with Gasteiger partial charge in [0.25, 0.3) is 0 Å². The third kappa shape index (κ3) is 6.31. The van der Waals surface area contributed by atoms with E-state index in [4.69, 9.17) is 15.2 Å². The van der Waals surface area contributed by atoms with Crippen LogP contribution in [0.25, 0.3) is 0 Å². The van der Waals surface area contributed by atoms with E-state index in [0.29, 0.717) is 29.5 Å². The molecule has 4 heteroatoms. The first-order chi connectivity index (χ1) is 13.7. The molecule has 146 valence electrons. The fourth-order valence-electron chi connectivity index (χ4n) is 3.09. The zero-order valence-corrected chi connectivity index (χ0v) is 16.1. The van der Waals surface area contributed by atoms with E-state index in [1.54, 1.807) is 48.5 Å². The van der Waals surface area contributed by atoms with Gasteiger partial charge < -0.3 is 15.2 Å². The van der Waals surface area contributed by atoms with E-state index in [2.05, 4.69) is 24.3 Å². The van der Waals surface area contributed by atoms with Crippen molar-refractivity contribution in [2.45, 2.75) is 32.1 Å². The Hall–Kier alpha value is -3.01. The molecule has 4 nitrogen and oxygen atoms in total. The van der Waals surface area contributed by atoms with Crippen molar-refractivity contribution < 1.29 is 14.3 Å². The molecule has 2 aromatic rings. The highest BCUT2D eigenvalue weighted by molar-refractivity contribution is 5.91. The molecule has 0 heterocycles. The lowest BCUT2D eigenvalue weighted by Gasteiger charge is -2.08.